The first-order valence-electron chi connectivity index (χ1n) is 10.8. The fraction of sp³-hybridized carbons (Fsp3) is 0.296. The summed E-state index contributed by atoms with van der Waals surface area (Å²) in [6.45, 7) is 10.3. The molecule has 1 aromatic heterocycles. The van der Waals surface area contributed by atoms with E-state index in [0.717, 1.165) is 13.0 Å². The van der Waals surface area contributed by atoms with Gasteiger partial charge >= 0.3 is 0 Å². The standard InChI is InChI=1S/C27H29N2/c1-18(2)21-12-9-13-22(19(3)4)26(21)29-25-15-8-7-14-24(25)28-17-16-20-10-5-6-11-23(20)27(28)29/h5-15,18-19H,16-17H2,1-4H3/q+1. The van der Waals surface area contributed by atoms with Crippen LogP contribution in [0.4, 0.5) is 0 Å². The third-order valence-corrected chi connectivity index (χ3v) is 6.31. The quantitative estimate of drug-likeness (QED) is 0.364. The highest BCUT2D eigenvalue weighted by molar-refractivity contribution is 5.81. The first-order valence-corrected chi connectivity index (χ1v) is 10.8. The lowest BCUT2D eigenvalue weighted by molar-refractivity contribution is -0.662. The lowest BCUT2D eigenvalue weighted by atomic mass is 9.92. The number of aromatic nitrogens is 2. The van der Waals surface area contributed by atoms with E-state index >= 15 is 0 Å². The zero-order chi connectivity index (χ0) is 20.1. The minimum absolute atomic E-state index is 0.462. The molecule has 0 fully saturated rings. The molecule has 0 aliphatic carbocycles. The van der Waals surface area contributed by atoms with Gasteiger partial charge < -0.3 is 0 Å². The van der Waals surface area contributed by atoms with Crippen molar-refractivity contribution in [2.45, 2.75) is 52.5 Å². The molecule has 2 heterocycles. The van der Waals surface area contributed by atoms with Crippen molar-refractivity contribution in [3.8, 4) is 17.1 Å². The Balaban J connectivity index is 1.97. The summed E-state index contributed by atoms with van der Waals surface area (Å²) in [7, 11) is 0. The Kier molecular flexibility index (Phi) is 4.31. The topological polar surface area (TPSA) is 8.81 Å². The monoisotopic (exact) mass is 381 g/mol. The number of rotatable bonds is 3. The van der Waals surface area contributed by atoms with Crippen molar-refractivity contribution < 1.29 is 4.57 Å². The molecule has 0 N–H and O–H groups in total. The molecule has 0 radical (unpaired) electrons. The van der Waals surface area contributed by atoms with Crippen LogP contribution in [0.3, 0.4) is 0 Å². The molecule has 5 rings (SSSR count). The Labute approximate surface area is 173 Å². The number of fused-ring (bicyclic) bond motifs is 5. The van der Waals surface area contributed by atoms with Crippen LogP contribution in [0.5, 0.6) is 0 Å². The van der Waals surface area contributed by atoms with Gasteiger partial charge in [-0.2, -0.15) is 4.57 Å². The molecule has 0 saturated carbocycles. The van der Waals surface area contributed by atoms with Crippen molar-refractivity contribution in [3.05, 3.63) is 83.4 Å². The van der Waals surface area contributed by atoms with Gasteiger partial charge in [-0.1, -0.05) is 76.2 Å². The van der Waals surface area contributed by atoms with Gasteiger partial charge in [0.1, 0.15) is 5.69 Å². The maximum atomic E-state index is 2.55. The third kappa shape index (κ3) is 2.73. The van der Waals surface area contributed by atoms with Gasteiger partial charge in [0.05, 0.1) is 12.1 Å². The van der Waals surface area contributed by atoms with Gasteiger partial charge in [0, 0.05) is 17.5 Å². The summed E-state index contributed by atoms with van der Waals surface area (Å²) in [5, 5.41) is 0. The van der Waals surface area contributed by atoms with E-state index in [1.807, 2.05) is 0 Å². The molecule has 0 unspecified atom stereocenters. The Morgan fingerprint density at radius 1 is 0.759 bits per heavy atom. The summed E-state index contributed by atoms with van der Waals surface area (Å²) in [5.41, 5.74) is 9.65. The number of hydrogen-bond acceptors (Lipinski definition) is 0. The van der Waals surface area contributed by atoms with Crippen LogP contribution < -0.4 is 4.57 Å². The number of imidazole rings is 1. The van der Waals surface area contributed by atoms with Crippen molar-refractivity contribution >= 4 is 11.0 Å². The van der Waals surface area contributed by atoms with Crippen LogP contribution in [0, 0.1) is 0 Å². The number of nitrogens with zero attached hydrogens (tertiary/aromatic N) is 2. The molecule has 0 saturated heterocycles. The van der Waals surface area contributed by atoms with E-state index in [-0.39, 0.29) is 0 Å². The number of aryl methyl sites for hydroxylation is 2. The average Bonchev–Trinajstić information content (AvgIpc) is 3.07. The van der Waals surface area contributed by atoms with E-state index in [0.29, 0.717) is 11.8 Å². The Morgan fingerprint density at radius 3 is 2.14 bits per heavy atom. The zero-order valence-electron chi connectivity index (χ0n) is 17.8. The van der Waals surface area contributed by atoms with Gasteiger partial charge in [-0.25, -0.2) is 4.57 Å². The van der Waals surface area contributed by atoms with Gasteiger partial charge in [0.2, 0.25) is 0 Å². The molecule has 146 valence electrons. The fourth-order valence-corrected chi connectivity index (χ4v) is 4.91. The van der Waals surface area contributed by atoms with Crippen LogP contribution in [0.15, 0.2) is 66.7 Å². The Morgan fingerprint density at radius 2 is 1.41 bits per heavy atom. The van der Waals surface area contributed by atoms with Crippen molar-refractivity contribution in [1.82, 2.24) is 4.57 Å². The van der Waals surface area contributed by atoms with Crippen molar-refractivity contribution in [2.75, 3.05) is 0 Å². The van der Waals surface area contributed by atoms with E-state index in [1.54, 1.807) is 0 Å². The van der Waals surface area contributed by atoms with E-state index in [1.165, 1.54) is 44.8 Å². The molecule has 2 nitrogen and oxygen atoms in total. The molecular formula is C27H29N2+. The average molecular weight is 382 g/mol. The van der Waals surface area contributed by atoms with Crippen molar-refractivity contribution in [1.29, 1.82) is 0 Å². The molecule has 3 aromatic carbocycles. The first kappa shape index (κ1) is 18.2. The van der Waals surface area contributed by atoms with Crippen LogP contribution in [-0.4, -0.2) is 4.57 Å². The molecule has 2 heteroatoms. The second-order valence-electron chi connectivity index (χ2n) is 8.80. The Bertz CT molecular complexity index is 1180. The van der Waals surface area contributed by atoms with Crippen molar-refractivity contribution in [2.24, 2.45) is 0 Å². The van der Waals surface area contributed by atoms with Gasteiger partial charge in [-0.05, 0) is 35.6 Å². The highest BCUT2D eigenvalue weighted by Gasteiger charge is 2.34. The lowest BCUT2D eigenvalue weighted by Gasteiger charge is -2.20. The van der Waals surface area contributed by atoms with Crippen LogP contribution in [0.2, 0.25) is 0 Å². The summed E-state index contributed by atoms with van der Waals surface area (Å²) in [6.07, 6.45) is 1.09. The molecule has 4 aromatic rings. The van der Waals surface area contributed by atoms with Crippen LogP contribution in [0.1, 0.15) is 56.2 Å². The smallest absolute Gasteiger partial charge is 0.222 e. The van der Waals surface area contributed by atoms with Crippen molar-refractivity contribution in [3.63, 3.8) is 0 Å². The fourth-order valence-electron chi connectivity index (χ4n) is 4.91. The maximum Gasteiger partial charge on any atom is 0.295 e. The summed E-state index contributed by atoms with van der Waals surface area (Å²) >= 11 is 0. The van der Waals surface area contributed by atoms with E-state index in [4.69, 9.17) is 0 Å². The summed E-state index contributed by atoms with van der Waals surface area (Å²) in [4.78, 5) is 0. The Hall–Kier alpha value is -2.87. The van der Waals surface area contributed by atoms with Gasteiger partial charge in [-0.3, -0.25) is 0 Å². The second-order valence-corrected chi connectivity index (χ2v) is 8.80. The molecule has 0 spiro atoms. The predicted octanol–water partition coefficient (Wildman–Crippen LogP) is 6.39. The van der Waals surface area contributed by atoms with Crippen LogP contribution in [-0.2, 0) is 13.0 Å². The third-order valence-electron chi connectivity index (χ3n) is 6.31. The van der Waals surface area contributed by atoms with Gasteiger partial charge in [0.15, 0.2) is 11.0 Å². The normalized spacial score (nSPS) is 13.2. The van der Waals surface area contributed by atoms with Crippen LogP contribution in [0.25, 0.3) is 28.1 Å². The van der Waals surface area contributed by atoms with Gasteiger partial charge in [-0.15, -0.1) is 0 Å². The summed E-state index contributed by atoms with van der Waals surface area (Å²) in [6, 6.07) is 24.7. The lowest BCUT2D eigenvalue weighted by Crippen LogP contribution is -2.39. The molecule has 29 heavy (non-hydrogen) atoms. The molecule has 1 aliphatic rings. The largest absolute Gasteiger partial charge is 0.295 e. The molecular weight excluding hydrogens is 352 g/mol. The molecule has 0 amide bonds. The van der Waals surface area contributed by atoms with Crippen LogP contribution >= 0.6 is 0 Å². The number of benzene rings is 3. The number of para-hydroxylation sites is 3. The number of hydrogen-bond donors (Lipinski definition) is 0. The highest BCUT2D eigenvalue weighted by atomic mass is 15.2. The second kappa shape index (κ2) is 6.88. The maximum absolute atomic E-state index is 2.55. The molecule has 0 atom stereocenters. The van der Waals surface area contributed by atoms with E-state index in [9.17, 15) is 0 Å². The SMILES string of the molecule is CC(C)c1cccc(C(C)C)c1-n1c2[n+](c3ccccc31)CCc1ccccc1-2. The summed E-state index contributed by atoms with van der Waals surface area (Å²) < 4.78 is 5.08. The summed E-state index contributed by atoms with van der Waals surface area (Å²) in [5.74, 6) is 2.25. The van der Waals surface area contributed by atoms with E-state index in [2.05, 4.69) is 104 Å². The molecule has 0 bridgehead atoms. The van der Waals surface area contributed by atoms with E-state index < -0.39 is 0 Å². The molecule has 1 aliphatic heterocycles. The predicted molar refractivity (Wildman–Crippen MR) is 121 cm³/mol. The minimum atomic E-state index is 0.462. The first-order chi connectivity index (χ1) is 14.1. The van der Waals surface area contributed by atoms with Gasteiger partial charge in [0.25, 0.3) is 5.82 Å². The zero-order valence-corrected chi connectivity index (χ0v) is 17.8. The minimum Gasteiger partial charge on any atom is -0.222 e. The highest BCUT2D eigenvalue weighted by Crippen LogP contribution is 2.38.